The molecular weight excluding hydrogens is 298 g/mol. The molecule has 1 amide bonds. The van der Waals surface area contributed by atoms with Crippen LogP contribution in [0.25, 0.3) is 11.6 Å². The number of amides is 1. The van der Waals surface area contributed by atoms with Gasteiger partial charge in [-0.25, -0.2) is 0 Å². The van der Waals surface area contributed by atoms with Crippen molar-refractivity contribution < 1.29 is 4.79 Å². The molecule has 0 atom stereocenters. The van der Waals surface area contributed by atoms with Crippen molar-refractivity contribution >= 4 is 28.9 Å². The first-order valence-electron chi connectivity index (χ1n) is 7.88. The van der Waals surface area contributed by atoms with E-state index in [1.807, 2.05) is 60.8 Å². The van der Waals surface area contributed by atoms with Crippen LogP contribution in [0.15, 0.2) is 66.9 Å². The highest BCUT2D eigenvalue weighted by molar-refractivity contribution is 6.35. The lowest BCUT2D eigenvalue weighted by Gasteiger charge is -2.08. The van der Waals surface area contributed by atoms with Crippen molar-refractivity contribution in [1.29, 1.82) is 0 Å². The maximum absolute atomic E-state index is 12.2. The molecule has 3 aromatic rings. The number of anilines is 2. The molecule has 0 saturated heterocycles. The summed E-state index contributed by atoms with van der Waals surface area (Å²) in [5, 5.41) is 6.32. The molecule has 24 heavy (non-hydrogen) atoms. The summed E-state index contributed by atoms with van der Waals surface area (Å²) >= 11 is 0. The SMILES string of the molecule is O=C1Nc2ccc(NCc3ccccc3)cc2/C1=C/c1ccc[nH]1. The molecule has 1 aliphatic rings. The van der Waals surface area contributed by atoms with Gasteiger partial charge in [-0.2, -0.15) is 0 Å². The maximum Gasteiger partial charge on any atom is 0.256 e. The molecule has 0 aliphatic carbocycles. The van der Waals surface area contributed by atoms with Crippen LogP contribution in [0.5, 0.6) is 0 Å². The van der Waals surface area contributed by atoms with Gasteiger partial charge in [0.05, 0.1) is 5.57 Å². The number of benzene rings is 2. The molecule has 4 nitrogen and oxygen atoms in total. The summed E-state index contributed by atoms with van der Waals surface area (Å²) in [5.41, 5.74) is 5.57. The number of hydrogen-bond donors (Lipinski definition) is 3. The topological polar surface area (TPSA) is 56.9 Å². The number of carbonyl (C=O) groups is 1. The van der Waals surface area contributed by atoms with Crippen molar-refractivity contribution in [3.8, 4) is 0 Å². The van der Waals surface area contributed by atoms with Crippen LogP contribution < -0.4 is 10.6 Å². The molecule has 2 aromatic carbocycles. The predicted molar refractivity (Wildman–Crippen MR) is 97.5 cm³/mol. The molecule has 3 N–H and O–H groups in total. The van der Waals surface area contributed by atoms with E-state index < -0.39 is 0 Å². The zero-order chi connectivity index (χ0) is 16.4. The average Bonchev–Trinajstić information content (AvgIpc) is 3.23. The van der Waals surface area contributed by atoms with Crippen LogP contribution in [0.3, 0.4) is 0 Å². The van der Waals surface area contributed by atoms with Crippen LogP contribution in [0.1, 0.15) is 16.8 Å². The van der Waals surface area contributed by atoms with Crippen molar-refractivity contribution in [2.75, 3.05) is 10.6 Å². The molecule has 1 aliphatic heterocycles. The fraction of sp³-hybridized carbons (Fsp3) is 0.0500. The second-order valence-corrected chi connectivity index (χ2v) is 5.74. The zero-order valence-corrected chi connectivity index (χ0v) is 13.0. The first-order valence-corrected chi connectivity index (χ1v) is 7.88. The fourth-order valence-corrected chi connectivity index (χ4v) is 2.83. The van der Waals surface area contributed by atoms with E-state index in [0.29, 0.717) is 5.57 Å². The molecule has 118 valence electrons. The predicted octanol–water partition coefficient (Wildman–Crippen LogP) is 4.12. The number of aromatic nitrogens is 1. The van der Waals surface area contributed by atoms with Gasteiger partial charge in [0.15, 0.2) is 0 Å². The molecule has 0 unspecified atom stereocenters. The Kier molecular flexibility index (Phi) is 3.63. The molecule has 0 fully saturated rings. The van der Waals surface area contributed by atoms with Gasteiger partial charge in [0, 0.05) is 35.4 Å². The molecule has 0 radical (unpaired) electrons. The third kappa shape index (κ3) is 2.82. The van der Waals surface area contributed by atoms with Gasteiger partial charge < -0.3 is 15.6 Å². The highest BCUT2D eigenvalue weighted by Crippen LogP contribution is 2.35. The van der Waals surface area contributed by atoms with Crippen molar-refractivity contribution in [3.63, 3.8) is 0 Å². The van der Waals surface area contributed by atoms with Gasteiger partial charge in [-0.05, 0) is 42.0 Å². The smallest absolute Gasteiger partial charge is 0.256 e. The summed E-state index contributed by atoms with van der Waals surface area (Å²) in [6, 6.07) is 20.0. The minimum atomic E-state index is -0.0696. The van der Waals surface area contributed by atoms with E-state index in [1.165, 1.54) is 5.56 Å². The van der Waals surface area contributed by atoms with Gasteiger partial charge in [0.1, 0.15) is 0 Å². The number of aromatic amines is 1. The van der Waals surface area contributed by atoms with Gasteiger partial charge in [-0.15, -0.1) is 0 Å². The van der Waals surface area contributed by atoms with Gasteiger partial charge in [0.25, 0.3) is 5.91 Å². The Morgan fingerprint density at radius 3 is 2.67 bits per heavy atom. The number of fused-ring (bicyclic) bond motifs is 1. The first-order chi connectivity index (χ1) is 11.8. The van der Waals surface area contributed by atoms with Crippen molar-refractivity contribution in [2.24, 2.45) is 0 Å². The van der Waals surface area contributed by atoms with E-state index in [1.54, 1.807) is 0 Å². The lowest BCUT2D eigenvalue weighted by molar-refractivity contribution is -0.110. The molecule has 4 heteroatoms. The van der Waals surface area contributed by atoms with E-state index in [9.17, 15) is 4.79 Å². The molecule has 4 rings (SSSR count). The molecule has 1 aromatic heterocycles. The summed E-state index contributed by atoms with van der Waals surface area (Å²) < 4.78 is 0. The van der Waals surface area contributed by atoms with E-state index in [2.05, 4.69) is 27.8 Å². The minimum absolute atomic E-state index is 0.0696. The molecule has 0 saturated carbocycles. The van der Waals surface area contributed by atoms with Crippen LogP contribution in [-0.2, 0) is 11.3 Å². The molecule has 0 bridgehead atoms. The summed E-state index contributed by atoms with van der Waals surface area (Å²) in [6.07, 6.45) is 3.72. The Labute approximate surface area is 140 Å². The largest absolute Gasteiger partial charge is 0.381 e. The second-order valence-electron chi connectivity index (χ2n) is 5.74. The third-order valence-electron chi connectivity index (χ3n) is 4.06. The first kappa shape index (κ1) is 14.3. The number of H-pyrrole nitrogens is 1. The van der Waals surface area contributed by atoms with E-state index in [0.717, 1.165) is 29.2 Å². The van der Waals surface area contributed by atoms with Crippen molar-refractivity contribution in [2.45, 2.75) is 6.54 Å². The van der Waals surface area contributed by atoms with Crippen LogP contribution >= 0.6 is 0 Å². The van der Waals surface area contributed by atoms with Gasteiger partial charge in [-0.3, -0.25) is 4.79 Å². The van der Waals surface area contributed by atoms with Gasteiger partial charge >= 0.3 is 0 Å². The Hall–Kier alpha value is -3.27. The summed E-state index contributed by atoms with van der Waals surface area (Å²) in [5.74, 6) is -0.0696. The lowest BCUT2D eigenvalue weighted by atomic mass is 10.1. The maximum atomic E-state index is 12.2. The monoisotopic (exact) mass is 315 g/mol. The van der Waals surface area contributed by atoms with Gasteiger partial charge in [0.2, 0.25) is 0 Å². The number of carbonyl (C=O) groups excluding carboxylic acids is 1. The Morgan fingerprint density at radius 1 is 1.00 bits per heavy atom. The van der Waals surface area contributed by atoms with E-state index in [-0.39, 0.29) is 5.91 Å². The van der Waals surface area contributed by atoms with Crippen LogP contribution in [0.2, 0.25) is 0 Å². The average molecular weight is 315 g/mol. The number of nitrogens with one attached hydrogen (secondary N) is 3. The van der Waals surface area contributed by atoms with Crippen LogP contribution in [0, 0.1) is 0 Å². The Morgan fingerprint density at radius 2 is 1.88 bits per heavy atom. The van der Waals surface area contributed by atoms with Crippen molar-refractivity contribution in [1.82, 2.24) is 4.98 Å². The second kappa shape index (κ2) is 6.08. The van der Waals surface area contributed by atoms with Crippen LogP contribution in [0.4, 0.5) is 11.4 Å². The van der Waals surface area contributed by atoms with Crippen LogP contribution in [-0.4, -0.2) is 10.9 Å². The van der Waals surface area contributed by atoms with Crippen molar-refractivity contribution in [3.05, 3.63) is 83.7 Å². The highest BCUT2D eigenvalue weighted by Gasteiger charge is 2.24. The zero-order valence-electron chi connectivity index (χ0n) is 13.0. The molecular formula is C20H17N3O. The summed E-state index contributed by atoms with van der Waals surface area (Å²) in [4.78, 5) is 15.3. The number of hydrogen-bond acceptors (Lipinski definition) is 2. The summed E-state index contributed by atoms with van der Waals surface area (Å²) in [7, 11) is 0. The Bertz CT molecular complexity index is 896. The fourth-order valence-electron chi connectivity index (χ4n) is 2.83. The van der Waals surface area contributed by atoms with E-state index >= 15 is 0 Å². The Balaban J connectivity index is 1.60. The minimum Gasteiger partial charge on any atom is -0.381 e. The standard InChI is InChI=1S/C20H17N3O/c24-20-18(12-15-7-4-10-21-15)17-11-16(8-9-19(17)23-20)22-13-14-5-2-1-3-6-14/h1-12,21-22H,13H2,(H,23,24)/b18-12-. The van der Waals surface area contributed by atoms with Gasteiger partial charge in [-0.1, -0.05) is 30.3 Å². The number of rotatable bonds is 4. The third-order valence-corrected chi connectivity index (χ3v) is 4.06. The lowest BCUT2D eigenvalue weighted by Crippen LogP contribution is -2.03. The van der Waals surface area contributed by atoms with E-state index in [4.69, 9.17) is 0 Å². The normalized spacial score (nSPS) is 14.5. The molecule has 0 spiro atoms. The highest BCUT2D eigenvalue weighted by atomic mass is 16.2. The summed E-state index contributed by atoms with van der Waals surface area (Å²) in [6.45, 7) is 0.747. The quantitative estimate of drug-likeness (QED) is 0.634. The molecule has 2 heterocycles.